The monoisotopic (exact) mass is 451 g/mol. The van der Waals surface area contributed by atoms with Crippen LogP contribution in [0.15, 0.2) is 24.3 Å². The van der Waals surface area contributed by atoms with Crippen molar-refractivity contribution >= 4 is 24.2 Å². The van der Waals surface area contributed by atoms with Gasteiger partial charge in [-0.1, -0.05) is 0 Å². The second-order valence-corrected chi connectivity index (χ2v) is 9.32. The van der Waals surface area contributed by atoms with E-state index in [0.717, 1.165) is 11.4 Å². The van der Waals surface area contributed by atoms with E-state index >= 15 is 0 Å². The number of nitrogens with zero attached hydrogens (tertiary/aromatic N) is 1. The maximum Gasteiger partial charge on any atom is 0.410 e. The number of carbonyl (C=O) groups excluding carboxylic acids is 3. The molecule has 9 heteroatoms. The summed E-state index contributed by atoms with van der Waals surface area (Å²) in [5, 5.41) is 5.76. The van der Waals surface area contributed by atoms with Crippen LogP contribution in [-0.2, 0) is 14.3 Å². The lowest BCUT2D eigenvalue weighted by molar-refractivity contribution is -0.110. The van der Waals surface area contributed by atoms with Gasteiger partial charge in [0.25, 0.3) is 0 Å². The molecule has 32 heavy (non-hydrogen) atoms. The Balaban J connectivity index is 2.70. The van der Waals surface area contributed by atoms with Crippen molar-refractivity contribution < 1.29 is 28.6 Å². The number of aldehydes is 1. The summed E-state index contributed by atoms with van der Waals surface area (Å²) in [5.41, 5.74) is -0.464. The zero-order valence-electron chi connectivity index (χ0n) is 20.2. The minimum Gasteiger partial charge on any atom is -0.497 e. The molecule has 0 aromatic heterocycles. The van der Waals surface area contributed by atoms with E-state index in [9.17, 15) is 14.4 Å². The molecule has 0 aliphatic carbocycles. The third-order valence-electron chi connectivity index (χ3n) is 3.96. The number of alkyl carbamates (subject to hydrolysis) is 1. The molecule has 0 saturated carbocycles. The molecule has 0 bridgehead atoms. The van der Waals surface area contributed by atoms with E-state index in [1.807, 2.05) is 24.3 Å². The Hall–Kier alpha value is -2.97. The van der Waals surface area contributed by atoms with E-state index in [4.69, 9.17) is 14.2 Å². The summed E-state index contributed by atoms with van der Waals surface area (Å²) >= 11 is 0. The highest BCUT2D eigenvalue weighted by Gasteiger charge is 2.26. The van der Waals surface area contributed by atoms with Gasteiger partial charge < -0.3 is 34.5 Å². The fraction of sp³-hybridized carbons (Fsp3) is 0.609. The fourth-order valence-corrected chi connectivity index (χ4v) is 2.61. The molecule has 0 saturated heterocycles. The fourth-order valence-electron chi connectivity index (χ4n) is 2.61. The summed E-state index contributed by atoms with van der Waals surface area (Å²) in [6.07, 6.45) is -0.0973. The van der Waals surface area contributed by atoms with Crippen molar-refractivity contribution in [3.63, 3.8) is 0 Å². The summed E-state index contributed by atoms with van der Waals surface area (Å²) in [5.74, 6) is 0.768. The molecule has 180 valence electrons. The summed E-state index contributed by atoms with van der Waals surface area (Å²) in [6.45, 7) is 11.4. The highest BCUT2D eigenvalue weighted by Crippen LogP contribution is 2.15. The van der Waals surface area contributed by atoms with E-state index < -0.39 is 29.4 Å². The third-order valence-corrected chi connectivity index (χ3v) is 3.96. The Bertz CT molecular complexity index is 738. The highest BCUT2D eigenvalue weighted by atomic mass is 16.6. The van der Waals surface area contributed by atoms with Crippen molar-refractivity contribution in [3.05, 3.63) is 24.3 Å². The van der Waals surface area contributed by atoms with E-state index in [-0.39, 0.29) is 6.54 Å². The molecule has 9 nitrogen and oxygen atoms in total. The molecule has 0 aliphatic rings. The quantitative estimate of drug-likeness (QED) is 0.411. The normalized spacial score (nSPS) is 12.3. The number of ether oxygens (including phenoxy) is 3. The molecule has 2 N–H and O–H groups in total. The average molecular weight is 452 g/mol. The molecule has 2 amide bonds. The zero-order chi connectivity index (χ0) is 24.4. The first-order valence-corrected chi connectivity index (χ1v) is 10.6. The number of anilines is 1. The summed E-state index contributed by atoms with van der Waals surface area (Å²) in [4.78, 5) is 37.7. The maximum atomic E-state index is 12.7. The molecule has 1 aromatic carbocycles. The van der Waals surface area contributed by atoms with Crippen LogP contribution >= 0.6 is 0 Å². The smallest absolute Gasteiger partial charge is 0.410 e. The van der Waals surface area contributed by atoms with Gasteiger partial charge in [-0.25, -0.2) is 9.59 Å². The predicted octanol–water partition coefficient (Wildman–Crippen LogP) is 3.83. The zero-order valence-corrected chi connectivity index (χ0v) is 20.2. The van der Waals surface area contributed by atoms with Gasteiger partial charge in [-0.15, -0.1) is 0 Å². The second kappa shape index (κ2) is 12.2. The summed E-state index contributed by atoms with van der Waals surface area (Å²) < 4.78 is 15.8. The van der Waals surface area contributed by atoms with Crippen molar-refractivity contribution in [1.82, 2.24) is 10.2 Å². The second-order valence-electron chi connectivity index (χ2n) is 9.32. The lowest BCUT2D eigenvalue weighted by Gasteiger charge is -2.29. The first-order chi connectivity index (χ1) is 14.8. The van der Waals surface area contributed by atoms with E-state index in [0.29, 0.717) is 25.8 Å². The van der Waals surface area contributed by atoms with Crippen LogP contribution in [0.25, 0.3) is 0 Å². The topological polar surface area (TPSA) is 106 Å². The van der Waals surface area contributed by atoms with Crippen LogP contribution in [0.5, 0.6) is 5.75 Å². The number of carbonyl (C=O) groups is 3. The van der Waals surface area contributed by atoms with Gasteiger partial charge in [-0.05, 0) is 72.2 Å². The van der Waals surface area contributed by atoms with Crippen LogP contribution in [0.2, 0.25) is 0 Å². The number of nitrogens with one attached hydrogen (secondary N) is 2. The SMILES string of the molecule is COc1ccc(NCCCN(C[C@@H](C=O)NC(=O)OC(C)(C)C)C(=O)OC(C)(C)C)cc1. The number of hydrogen-bond acceptors (Lipinski definition) is 7. The standard InChI is InChI=1S/C23H37N3O6/c1-22(2,3)31-20(28)25-18(16-27)15-26(21(29)32-23(4,5)6)14-8-13-24-17-9-11-19(30-7)12-10-17/h9-12,16,18,24H,8,13-15H2,1-7H3,(H,25,28)/t18-/m0/s1. The van der Waals surface area contributed by atoms with Gasteiger partial charge in [0, 0.05) is 18.8 Å². The Morgan fingerprint density at radius 3 is 2.12 bits per heavy atom. The number of amides is 2. The van der Waals surface area contributed by atoms with Crippen LogP contribution in [0.1, 0.15) is 48.0 Å². The highest BCUT2D eigenvalue weighted by molar-refractivity contribution is 5.75. The van der Waals surface area contributed by atoms with Crippen molar-refractivity contribution in [2.45, 2.75) is 65.2 Å². The largest absolute Gasteiger partial charge is 0.497 e. The van der Waals surface area contributed by atoms with E-state index in [2.05, 4.69) is 10.6 Å². The van der Waals surface area contributed by atoms with Crippen molar-refractivity contribution in [2.24, 2.45) is 0 Å². The first-order valence-electron chi connectivity index (χ1n) is 10.6. The van der Waals surface area contributed by atoms with Crippen molar-refractivity contribution in [3.8, 4) is 5.75 Å². The predicted molar refractivity (Wildman–Crippen MR) is 123 cm³/mol. The van der Waals surface area contributed by atoms with Crippen LogP contribution in [0, 0.1) is 0 Å². The average Bonchev–Trinajstić information content (AvgIpc) is 2.67. The Kier molecular flexibility index (Phi) is 10.3. The molecule has 0 heterocycles. The number of rotatable bonds is 10. The molecule has 0 unspecified atom stereocenters. The van der Waals surface area contributed by atoms with Gasteiger partial charge in [-0.2, -0.15) is 0 Å². The first kappa shape index (κ1) is 27.1. The Labute approximate surface area is 190 Å². The summed E-state index contributed by atoms with van der Waals surface area (Å²) in [7, 11) is 1.61. The lowest BCUT2D eigenvalue weighted by atomic mass is 10.2. The molecular weight excluding hydrogens is 414 g/mol. The molecule has 0 radical (unpaired) electrons. The van der Waals surface area contributed by atoms with E-state index in [1.54, 1.807) is 48.7 Å². The molecule has 0 spiro atoms. The lowest BCUT2D eigenvalue weighted by Crippen LogP contribution is -2.49. The Morgan fingerprint density at radius 2 is 1.62 bits per heavy atom. The van der Waals surface area contributed by atoms with Crippen molar-refractivity contribution in [1.29, 1.82) is 0 Å². The number of methoxy groups -OCH3 is 1. The van der Waals surface area contributed by atoms with Gasteiger partial charge in [0.15, 0.2) is 0 Å². The van der Waals surface area contributed by atoms with Gasteiger partial charge >= 0.3 is 12.2 Å². The molecule has 1 atom stereocenters. The van der Waals surface area contributed by atoms with E-state index in [1.165, 1.54) is 4.90 Å². The van der Waals surface area contributed by atoms with Crippen molar-refractivity contribution in [2.75, 3.05) is 32.1 Å². The van der Waals surface area contributed by atoms with Crippen LogP contribution in [-0.4, -0.2) is 67.4 Å². The number of benzene rings is 1. The van der Waals surface area contributed by atoms with Gasteiger partial charge in [0.2, 0.25) is 0 Å². The molecule has 0 aliphatic heterocycles. The summed E-state index contributed by atoms with van der Waals surface area (Å²) in [6, 6.07) is 6.58. The molecule has 1 rings (SSSR count). The van der Waals surface area contributed by atoms with Crippen LogP contribution in [0.4, 0.5) is 15.3 Å². The minimum atomic E-state index is -0.924. The molecular formula is C23H37N3O6. The Morgan fingerprint density at radius 1 is 1.03 bits per heavy atom. The molecule has 0 fully saturated rings. The third kappa shape index (κ3) is 11.4. The maximum absolute atomic E-state index is 12.7. The molecule has 1 aromatic rings. The van der Waals surface area contributed by atoms with Crippen LogP contribution in [0.3, 0.4) is 0 Å². The van der Waals surface area contributed by atoms with Crippen LogP contribution < -0.4 is 15.4 Å². The van der Waals surface area contributed by atoms with Gasteiger partial charge in [-0.3, -0.25) is 0 Å². The minimum absolute atomic E-state index is 0.0276. The van der Waals surface area contributed by atoms with Gasteiger partial charge in [0.1, 0.15) is 29.3 Å². The van der Waals surface area contributed by atoms with Gasteiger partial charge in [0.05, 0.1) is 13.7 Å². The number of hydrogen-bond donors (Lipinski definition) is 2.